The van der Waals surface area contributed by atoms with E-state index in [1.807, 2.05) is 4.90 Å². The van der Waals surface area contributed by atoms with Gasteiger partial charge in [-0.15, -0.1) is 0 Å². The predicted octanol–water partition coefficient (Wildman–Crippen LogP) is 2.41. The fraction of sp³-hybridized carbons (Fsp3) is 0.609. The minimum atomic E-state index is -0.691. The van der Waals surface area contributed by atoms with Crippen molar-refractivity contribution in [2.75, 3.05) is 44.7 Å². The van der Waals surface area contributed by atoms with E-state index < -0.39 is 6.03 Å². The summed E-state index contributed by atoms with van der Waals surface area (Å²) in [4.78, 5) is 39.0. The zero-order valence-corrected chi connectivity index (χ0v) is 18.3. The summed E-state index contributed by atoms with van der Waals surface area (Å²) >= 11 is 0. The minimum absolute atomic E-state index is 0.0518. The summed E-state index contributed by atoms with van der Waals surface area (Å²) in [6.07, 6.45) is 6.72. The zero-order chi connectivity index (χ0) is 22.2. The molecule has 1 aromatic rings. The molecule has 0 aromatic heterocycles. The number of ether oxygens (including phenoxy) is 1. The molecular formula is C23H34N4O4. The van der Waals surface area contributed by atoms with Crippen molar-refractivity contribution >= 4 is 23.9 Å². The maximum atomic E-state index is 13.1. The Hall–Kier alpha value is -2.61. The second-order valence-electron chi connectivity index (χ2n) is 8.50. The lowest BCUT2D eigenvalue weighted by Crippen LogP contribution is -2.40. The number of nitrogens with zero attached hydrogens (tertiary/aromatic N) is 2. The maximum absolute atomic E-state index is 13.1. The van der Waals surface area contributed by atoms with Crippen molar-refractivity contribution in [3.63, 3.8) is 0 Å². The van der Waals surface area contributed by atoms with Gasteiger partial charge < -0.3 is 25.5 Å². The van der Waals surface area contributed by atoms with Gasteiger partial charge >= 0.3 is 6.03 Å². The van der Waals surface area contributed by atoms with Gasteiger partial charge in [0.05, 0.1) is 12.8 Å². The van der Waals surface area contributed by atoms with Crippen LogP contribution in [-0.4, -0.2) is 63.0 Å². The van der Waals surface area contributed by atoms with Crippen molar-refractivity contribution in [3.05, 3.63) is 23.8 Å². The highest BCUT2D eigenvalue weighted by molar-refractivity contribution is 5.98. The van der Waals surface area contributed by atoms with Gasteiger partial charge in [0, 0.05) is 31.6 Å². The Morgan fingerprint density at radius 1 is 1.19 bits per heavy atom. The summed E-state index contributed by atoms with van der Waals surface area (Å²) in [7, 11) is 1.49. The molecule has 2 fully saturated rings. The molecule has 170 valence electrons. The Morgan fingerprint density at radius 3 is 2.48 bits per heavy atom. The van der Waals surface area contributed by atoms with Gasteiger partial charge in [0.2, 0.25) is 0 Å². The summed E-state index contributed by atoms with van der Waals surface area (Å²) in [5.41, 5.74) is 6.41. The fourth-order valence-corrected chi connectivity index (χ4v) is 4.71. The number of hydrogen-bond donors (Lipinski definition) is 2. The second kappa shape index (κ2) is 11.1. The highest BCUT2D eigenvalue weighted by Gasteiger charge is 2.27. The molecule has 31 heavy (non-hydrogen) atoms. The van der Waals surface area contributed by atoms with Gasteiger partial charge in [-0.3, -0.25) is 9.69 Å². The van der Waals surface area contributed by atoms with Crippen molar-refractivity contribution < 1.29 is 19.1 Å². The van der Waals surface area contributed by atoms with Crippen molar-refractivity contribution in [2.45, 2.75) is 38.5 Å². The number of nitrogens with one attached hydrogen (secondary N) is 1. The molecular weight excluding hydrogens is 396 g/mol. The van der Waals surface area contributed by atoms with E-state index in [1.165, 1.54) is 31.3 Å². The van der Waals surface area contributed by atoms with Gasteiger partial charge in [-0.1, -0.05) is 0 Å². The molecule has 0 spiro atoms. The lowest BCUT2D eigenvalue weighted by atomic mass is 9.83. The summed E-state index contributed by atoms with van der Waals surface area (Å²) in [6, 6.07) is 4.33. The molecule has 1 aromatic carbocycles. The van der Waals surface area contributed by atoms with Crippen LogP contribution in [0.1, 0.15) is 48.9 Å². The highest BCUT2D eigenvalue weighted by Crippen LogP contribution is 2.32. The van der Waals surface area contributed by atoms with Crippen LogP contribution in [0.25, 0.3) is 0 Å². The first-order chi connectivity index (χ1) is 15.0. The molecule has 2 aliphatic rings. The van der Waals surface area contributed by atoms with Gasteiger partial charge in [0.1, 0.15) is 12.0 Å². The number of piperidine rings is 2. The molecule has 8 nitrogen and oxygen atoms in total. The van der Waals surface area contributed by atoms with E-state index in [0.29, 0.717) is 22.9 Å². The van der Waals surface area contributed by atoms with Crippen LogP contribution in [0, 0.1) is 11.8 Å². The summed E-state index contributed by atoms with van der Waals surface area (Å²) in [5.74, 6) is 1.88. The van der Waals surface area contributed by atoms with E-state index >= 15 is 0 Å². The number of nitrogens with two attached hydrogens (primary N) is 1. The number of benzene rings is 1. The highest BCUT2D eigenvalue weighted by atomic mass is 16.5. The summed E-state index contributed by atoms with van der Waals surface area (Å²) in [6.45, 7) is 3.88. The first-order valence-corrected chi connectivity index (χ1v) is 11.2. The zero-order valence-electron chi connectivity index (χ0n) is 18.3. The number of carbonyl (C=O) groups is 3. The molecule has 0 radical (unpaired) electrons. The lowest BCUT2D eigenvalue weighted by molar-refractivity contribution is -0.107. The number of carbonyl (C=O) groups excluding carboxylic acids is 3. The molecule has 0 unspecified atom stereocenters. The topological polar surface area (TPSA) is 105 Å². The molecule has 0 aliphatic carbocycles. The number of methoxy groups -OCH3 is 1. The molecule has 2 aliphatic heterocycles. The standard InChI is InChI=1S/C23H34N4O4/c1-31-21-4-3-19(16-20(21)27(23(24)30)11-2-14-28)22(29)26-12-7-18(8-13-26)15-17-5-9-25-10-6-17/h3-4,14,16-18,25H,2,5-13,15H2,1H3,(H2,24,30). The van der Waals surface area contributed by atoms with Crippen LogP contribution >= 0.6 is 0 Å². The number of primary amides is 1. The third-order valence-electron chi connectivity index (χ3n) is 6.48. The van der Waals surface area contributed by atoms with Crippen LogP contribution in [0.3, 0.4) is 0 Å². The predicted molar refractivity (Wildman–Crippen MR) is 119 cm³/mol. The third kappa shape index (κ3) is 5.97. The number of anilines is 1. The Bertz CT molecular complexity index is 771. The smallest absolute Gasteiger partial charge is 0.319 e. The number of hydrogen-bond acceptors (Lipinski definition) is 5. The molecule has 2 heterocycles. The van der Waals surface area contributed by atoms with Crippen molar-refractivity contribution in [1.82, 2.24) is 10.2 Å². The Labute approximate surface area is 184 Å². The van der Waals surface area contributed by atoms with Gasteiger partial charge in [-0.25, -0.2) is 4.79 Å². The Kier molecular flexibility index (Phi) is 8.28. The van der Waals surface area contributed by atoms with E-state index in [9.17, 15) is 14.4 Å². The van der Waals surface area contributed by atoms with Crippen LogP contribution in [0.2, 0.25) is 0 Å². The number of amides is 3. The first kappa shape index (κ1) is 23.1. The van der Waals surface area contributed by atoms with E-state index in [1.54, 1.807) is 18.2 Å². The lowest BCUT2D eigenvalue weighted by Gasteiger charge is -2.35. The molecule has 2 saturated heterocycles. The average Bonchev–Trinajstić information content (AvgIpc) is 2.80. The van der Waals surface area contributed by atoms with Gasteiger partial charge in [-0.2, -0.15) is 0 Å². The van der Waals surface area contributed by atoms with Gasteiger partial charge in [0.25, 0.3) is 5.91 Å². The molecule has 8 heteroatoms. The summed E-state index contributed by atoms with van der Waals surface area (Å²) < 4.78 is 5.36. The number of rotatable bonds is 8. The van der Waals surface area contributed by atoms with Crippen LogP contribution in [0.15, 0.2) is 18.2 Å². The van der Waals surface area contributed by atoms with Crippen LogP contribution in [-0.2, 0) is 4.79 Å². The van der Waals surface area contributed by atoms with Gasteiger partial charge in [0.15, 0.2) is 0 Å². The van der Waals surface area contributed by atoms with Crippen LogP contribution < -0.4 is 20.7 Å². The molecule has 0 saturated carbocycles. The SMILES string of the molecule is COc1ccc(C(=O)N2CCC(CC3CCNCC3)CC2)cc1N(CCC=O)C(N)=O. The number of likely N-dealkylation sites (tertiary alicyclic amines) is 1. The van der Waals surface area contributed by atoms with E-state index in [4.69, 9.17) is 10.5 Å². The molecule has 0 bridgehead atoms. The van der Waals surface area contributed by atoms with Gasteiger partial charge in [-0.05, 0) is 75.2 Å². The molecule has 3 rings (SSSR count). The van der Waals surface area contributed by atoms with Crippen LogP contribution in [0.4, 0.5) is 10.5 Å². The molecule has 3 amide bonds. The third-order valence-corrected chi connectivity index (χ3v) is 6.48. The largest absolute Gasteiger partial charge is 0.495 e. The van der Waals surface area contributed by atoms with Crippen LogP contribution in [0.5, 0.6) is 5.75 Å². The van der Waals surface area contributed by atoms with Crippen molar-refractivity contribution in [3.8, 4) is 5.75 Å². The maximum Gasteiger partial charge on any atom is 0.319 e. The Balaban J connectivity index is 1.66. The molecule has 3 N–H and O–H groups in total. The normalized spacial score (nSPS) is 17.9. The van der Waals surface area contributed by atoms with Crippen molar-refractivity contribution in [1.29, 1.82) is 0 Å². The monoisotopic (exact) mass is 430 g/mol. The van der Waals surface area contributed by atoms with E-state index in [2.05, 4.69) is 5.32 Å². The summed E-state index contributed by atoms with van der Waals surface area (Å²) in [5, 5.41) is 3.42. The first-order valence-electron chi connectivity index (χ1n) is 11.2. The van der Waals surface area contributed by atoms with E-state index in [-0.39, 0.29) is 18.9 Å². The second-order valence-corrected chi connectivity index (χ2v) is 8.50. The van der Waals surface area contributed by atoms with E-state index in [0.717, 1.165) is 51.2 Å². The minimum Gasteiger partial charge on any atom is -0.495 e. The quantitative estimate of drug-likeness (QED) is 0.616. The molecule has 0 atom stereocenters. The fourth-order valence-electron chi connectivity index (χ4n) is 4.71. The average molecular weight is 431 g/mol. The number of urea groups is 1. The number of aldehydes is 1. The Morgan fingerprint density at radius 2 is 1.87 bits per heavy atom. The van der Waals surface area contributed by atoms with Crippen molar-refractivity contribution in [2.24, 2.45) is 17.6 Å².